The maximum Gasteiger partial charge on any atom is 0.333 e. The van der Waals surface area contributed by atoms with Crippen molar-refractivity contribution in [2.45, 2.75) is 13.0 Å². The predicted molar refractivity (Wildman–Crippen MR) is 96.6 cm³/mol. The number of hydrogen-bond donors (Lipinski definition) is 3. The van der Waals surface area contributed by atoms with Crippen LogP contribution in [0.2, 0.25) is 0 Å². The van der Waals surface area contributed by atoms with Crippen molar-refractivity contribution in [3.05, 3.63) is 60.7 Å². The highest BCUT2D eigenvalue weighted by atomic mass is 16.5. The molecule has 0 bridgehead atoms. The largest absolute Gasteiger partial charge is 0.460 e. The van der Waals surface area contributed by atoms with Crippen LogP contribution in [0.25, 0.3) is 11.1 Å². The van der Waals surface area contributed by atoms with Gasteiger partial charge in [0.15, 0.2) is 0 Å². The molecule has 0 heterocycles. The fraction of sp³-hybridized carbons (Fsp3) is 0.211. The molecule has 0 aromatic heterocycles. The number of aliphatic hydroxyl groups is 1. The third kappa shape index (κ3) is 4.86. The number of carbonyl (C=O) groups is 1. The molecule has 0 fully saturated rings. The molecule has 0 aliphatic carbocycles. The van der Waals surface area contributed by atoms with Crippen molar-refractivity contribution in [2.24, 2.45) is 0 Å². The second kappa shape index (κ2) is 8.17. The monoisotopic (exact) mass is 326 g/mol. The summed E-state index contributed by atoms with van der Waals surface area (Å²) in [6, 6.07) is 15.4. The highest BCUT2D eigenvalue weighted by Gasteiger charge is 2.10. The number of benzene rings is 2. The molecular formula is C19H22N2O3. The predicted octanol–water partition coefficient (Wildman–Crippen LogP) is 2.83. The van der Waals surface area contributed by atoms with Gasteiger partial charge in [-0.25, -0.2) is 4.79 Å². The molecule has 126 valence electrons. The van der Waals surface area contributed by atoms with Gasteiger partial charge in [0.2, 0.25) is 0 Å². The summed E-state index contributed by atoms with van der Waals surface area (Å²) in [6.07, 6.45) is -0.814. The van der Waals surface area contributed by atoms with E-state index < -0.39 is 12.1 Å². The van der Waals surface area contributed by atoms with Crippen molar-refractivity contribution in [1.29, 1.82) is 0 Å². The summed E-state index contributed by atoms with van der Waals surface area (Å²) in [6.45, 7) is 5.22. The molecule has 24 heavy (non-hydrogen) atoms. The molecule has 2 aromatic rings. The van der Waals surface area contributed by atoms with Gasteiger partial charge in [-0.3, -0.25) is 0 Å². The molecule has 2 aromatic carbocycles. The van der Waals surface area contributed by atoms with Crippen LogP contribution >= 0.6 is 0 Å². The topological polar surface area (TPSA) is 84.6 Å². The lowest BCUT2D eigenvalue weighted by Crippen LogP contribution is -2.26. The first kappa shape index (κ1) is 17.6. The van der Waals surface area contributed by atoms with E-state index in [1.54, 1.807) is 6.92 Å². The number of rotatable bonds is 7. The summed E-state index contributed by atoms with van der Waals surface area (Å²) in [4.78, 5) is 11.3. The second-order valence-electron chi connectivity index (χ2n) is 5.58. The van der Waals surface area contributed by atoms with Crippen molar-refractivity contribution in [1.82, 2.24) is 0 Å². The van der Waals surface area contributed by atoms with Crippen molar-refractivity contribution < 1.29 is 14.6 Å². The van der Waals surface area contributed by atoms with E-state index in [0.29, 0.717) is 11.3 Å². The molecule has 0 radical (unpaired) electrons. The van der Waals surface area contributed by atoms with E-state index in [-0.39, 0.29) is 13.2 Å². The maximum absolute atomic E-state index is 11.3. The SMILES string of the molecule is C=C(C)C(=O)OCC(O)CNc1ccc(N)c(-c2ccccc2)c1. The summed E-state index contributed by atoms with van der Waals surface area (Å²) < 4.78 is 4.92. The zero-order valence-electron chi connectivity index (χ0n) is 13.7. The average molecular weight is 326 g/mol. The Bertz CT molecular complexity index is 714. The van der Waals surface area contributed by atoms with Crippen LogP contribution in [0.1, 0.15) is 6.92 Å². The highest BCUT2D eigenvalue weighted by molar-refractivity contribution is 5.86. The van der Waals surface area contributed by atoms with Gasteiger partial charge >= 0.3 is 5.97 Å². The van der Waals surface area contributed by atoms with Gasteiger partial charge in [-0.15, -0.1) is 0 Å². The van der Waals surface area contributed by atoms with Crippen LogP contribution in [0, 0.1) is 0 Å². The Hall–Kier alpha value is -2.79. The number of nitrogen functional groups attached to an aromatic ring is 1. The summed E-state index contributed by atoms with van der Waals surface area (Å²) in [5.41, 5.74) is 9.80. The minimum absolute atomic E-state index is 0.0841. The van der Waals surface area contributed by atoms with Crippen LogP contribution < -0.4 is 11.1 Å². The fourth-order valence-electron chi connectivity index (χ4n) is 2.12. The number of esters is 1. The first-order valence-corrected chi connectivity index (χ1v) is 7.67. The Morgan fingerprint density at radius 1 is 1.29 bits per heavy atom. The fourth-order valence-corrected chi connectivity index (χ4v) is 2.12. The molecule has 0 aliphatic rings. The molecule has 5 heteroatoms. The Labute approximate surface area is 141 Å². The molecule has 1 atom stereocenters. The van der Waals surface area contributed by atoms with Crippen molar-refractivity contribution in [3.8, 4) is 11.1 Å². The molecule has 0 spiro atoms. The van der Waals surface area contributed by atoms with Crippen molar-refractivity contribution in [2.75, 3.05) is 24.2 Å². The molecule has 0 amide bonds. The Kier molecular flexibility index (Phi) is 5.98. The van der Waals surface area contributed by atoms with Gasteiger partial charge in [0.1, 0.15) is 12.7 Å². The van der Waals surface area contributed by atoms with E-state index in [1.165, 1.54) is 0 Å². The number of nitrogens with two attached hydrogens (primary N) is 1. The Balaban J connectivity index is 1.96. The van der Waals surface area contributed by atoms with Crippen LogP contribution in [0.4, 0.5) is 11.4 Å². The lowest BCUT2D eigenvalue weighted by Gasteiger charge is -2.15. The van der Waals surface area contributed by atoms with Crippen LogP contribution in [0.3, 0.4) is 0 Å². The Morgan fingerprint density at radius 3 is 2.67 bits per heavy atom. The van der Waals surface area contributed by atoms with Crippen LogP contribution in [0.5, 0.6) is 0 Å². The van der Waals surface area contributed by atoms with E-state index in [4.69, 9.17) is 10.5 Å². The molecular weight excluding hydrogens is 304 g/mol. The number of ether oxygens (including phenoxy) is 1. The maximum atomic E-state index is 11.3. The first-order chi connectivity index (χ1) is 11.5. The second-order valence-corrected chi connectivity index (χ2v) is 5.58. The minimum Gasteiger partial charge on any atom is -0.460 e. The lowest BCUT2D eigenvalue weighted by molar-refractivity contribution is -0.141. The van der Waals surface area contributed by atoms with Crippen molar-refractivity contribution >= 4 is 17.3 Å². The number of hydrogen-bond acceptors (Lipinski definition) is 5. The standard InChI is InChI=1S/C19H22N2O3/c1-13(2)19(23)24-12-16(22)11-21-15-8-9-18(20)17(10-15)14-6-4-3-5-7-14/h3-10,16,21-22H,1,11-12,20H2,2H3. The third-order valence-electron chi connectivity index (χ3n) is 3.44. The van der Waals surface area contributed by atoms with Gasteiger partial charge in [0.05, 0.1) is 0 Å². The van der Waals surface area contributed by atoms with Crippen LogP contribution in [-0.4, -0.2) is 30.3 Å². The minimum atomic E-state index is -0.814. The number of anilines is 2. The van der Waals surface area contributed by atoms with E-state index in [2.05, 4.69) is 11.9 Å². The smallest absolute Gasteiger partial charge is 0.333 e. The molecule has 1 unspecified atom stereocenters. The van der Waals surface area contributed by atoms with Crippen LogP contribution in [0.15, 0.2) is 60.7 Å². The van der Waals surface area contributed by atoms with E-state index in [1.807, 2.05) is 48.5 Å². The normalized spacial score (nSPS) is 11.6. The molecule has 0 saturated carbocycles. The Morgan fingerprint density at radius 2 is 2.00 bits per heavy atom. The summed E-state index contributed by atoms with van der Waals surface area (Å²) in [5.74, 6) is -0.507. The summed E-state index contributed by atoms with van der Waals surface area (Å²) in [7, 11) is 0. The van der Waals surface area contributed by atoms with Crippen LogP contribution in [-0.2, 0) is 9.53 Å². The molecule has 4 N–H and O–H groups in total. The summed E-state index contributed by atoms with van der Waals surface area (Å²) >= 11 is 0. The first-order valence-electron chi connectivity index (χ1n) is 7.67. The zero-order chi connectivity index (χ0) is 17.5. The van der Waals surface area contributed by atoms with Crippen molar-refractivity contribution in [3.63, 3.8) is 0 Å². The molecule has 0 aliphatic heterocycles. The molecule has 5 nitrogen and oxygen atoms in total. The molecule has 0 saturated heterocycles. The van der Waals surface area contributed by atoms with Gasteiger partial charge < -0.3 is 20.9 Å². The highest BCUT2D eigenvalue weighted by Crippen LogP contribution is 2.28. The van der Waals surface area contributed by atoms with Gasteiger partial charge in [-0.2, -0.15) is 0 Å². The van der Waals surface area contributed by atoms with E-state index in [9.17, 15) is 9.90 Å². The lowest BCUT2D eigenvalue weighted by atomic mass is 10.0. The third-order valence-corrected chi connectivity index (χ3v) is 3.44. The van der Waals surface area contributed by atoms with E-state index >= 15 is 0 Å². The van der Waals surface area contributed by atoms with Gasteiger partial charge in [0.25, 0.3) is 0 Å². The average Bonchev–Trinajstić information content (AvgIpc) is 2.59. The number of nitrogens with one attached hydrogen (secondary N) is 1. The molecule has 2 rings (SSSR count). The quantitative estimate of drug-likeness (QED) is 0.414. The zero-order valence-corrected chi connectivity index (χ0v) is 13.7. The number of carbonyl (C=O) groups excluding carboxylic acids is 1. The van der Waals surface area contributed by atoms with Gasteiger partial charge in [-0.1, -0.05) is 36.9 Å². The van der Waals surface area contributed by atoms with E-state index in [0.717, 1.165) is 16.8 Å². The van der Waals surface area contributed by atoms with Gasteiger partial charge in [-0.05, 0) is 30.7 Å². The van der Waals surface area contributed by atoms with Gasteiger partial charge in [0, 0.05) is 29.1 Å². The number of aliphatic hydroxyl groups excluding tert-OH is 1. The summed E-state index contributed by atoms with van der Waals surface area (Å²) in [5, 5.41) is 13.0.